The molecular formula is C11H13NO3. The maximum absolute atomic E-state index is 10.7. The van der Waals surface area contributed by atoms with Crippen molar-refractivity contribution in [3.8, 4) is 0 Å². The predicted octanol–water partition coefficient (Wildman–Crippen LogP) is 1.94. The Morgan fingerprint density at radius 2 is 2.53 bits per heavy atom. The van der Waals surface area contributed by atoms with Crippen molar-refractivity contribution >= 4 is 11.5 Å². The fraction of sp³-hybridized carbons (Fsp3) is 0.364. The third kappa shape index (κ3) is 2.47. The maximum atomic E-state index is 10.7. The van der Waals surface area contributed by atoms with Gasteiger partial charge < -0.3 is 4.42 Å². The average Bonchev–Trinajstić information content (AvgIpc) is 2.85. The Hall–Kier alpha value is -1.55. The molecule has 2 rings (SSSR count). The molecule has 1 aromatic heterocycles. The number of hydrogen-bond donors (Lipinski definition) is 0. The van der Waals surface area contributed by atoms with E-state index in [9.17, 15) is 4.79 Å². The number of anilines is 1. The first-order valence-corrected chi connectivity index (χ1v) is 4.91. The molecule has 4 heteroatoms. The van der Waals surface area contributed by atoms with E-state index in [4.69, 9.17) is 9.25 Å². The number of allylic oxidation sites excluding steroid dienone is 1. The molecule has 0 radical (unpaired) electrons. The summed E-state index contributed by atoms with van der Waals surface area (Å²) in [6, 6.07) is 1.84. The Labute approximate surface area is 88.1 Å². The molecule has 0 bridgehead atoms. The second kappa shape index (κ2) is 4.31. The molecule has 1 aromatic rings. The zero-order valence-electron chi connectivity index (χ0n) is 8.55. The van der Waals surface area contributed by atoms with E-state index in [1.807, 2.05) is 6.07 Å². The number of rotatable bonds is 3. The Morgan fingerprint density at radius 1 is 1.67 bits per heavy atom. The normalized spacial score (nSPS) is 21.4. The maximum Gasteiger partial charge on any atom is 0.152 e. The lowest BCUT2D eigenvalue weighted by molar-refractivity contribution is -0.112. The van der Waals surface area contributed by atoms with Gasteiger partial charge in [0.25, 0.3) is 0 Å². The van der Waals surface area contributed by atoms with Crippen LogP contribution < -0.4 is 5.06 Å². The van der Waals surface area contributed by atoms with Crippen molar-refractivity contribution in [1.29, 1.82) is 0 Å². The number of carbonyl (C=O) groups excluding carboxylic acids is 1. The van der Waals surface area contributed by atoms with Crippen molar-refractivity contribution in [3.05, 3.63) is 30.7 Å². The lowest BCUT2D eigenvalue weighted by Crippen LogP contribution is -2.16. The minimum atomic E-state index is -0.0104. The fourth-order valence-electron chi connectivity index (χ4n) is 1.48. The highest BCUT2D eigenvalue weighted by molar-refractivity contribution is 5.87. The van der Waals surface area contributed by atoms with Crippen LogP contribution in [0, 0.1) is 0 Å². The monoisotopic (exact) mass is 207 g/mol. The molecule has 0 aromatic carbocycles. The molecular weight excluding hydrogens is 194 g/mol. The van der Waals surface area contributed by atoms with Gasteiger partial charge in [0, 0.05) is 12.6 Å². The van der Waals surface area contributed by atoms with Crippen molar-refractivity contribution in [2.75, 3.05) is 11.6 Å². The van der Waals surface area contributed by atoms with E-state index < -0.39 is 0 Å². The molecule has 1 fully saturated rings. The summed E-state index contributed by atoms with van der Waals surface area (Å²) in [6.45, 7) is 2.34. The van der Waals surface area contributed by atoms with Gasteiger partial charge >= 0.3 is 0 Å². The zero-order valence-corrected chi connectivity index (χ0v) is 8.55. The van der Waals surface area contributed by atoms with Crippen LogP contribution in [0.5, 0.6) is 0 Å². The van der Waals surface area contributed by atoms with E-state index in [0.717, 1.165) is 18.7 Å². The highest BCUT2D eigenvalue weighted by Crippen LogP contribution is 2.23. The summed E-state index contributed by atoms with van der Waals surface area (Å²) in [4.78, 5) is 16.3. The smallest absolute Gasteiger partial charge is 0.152 e. The van der Waals surface area contributed by atoms with Crippen LogP contribution >= 0.6 is 0 Å². The van der Waals surface area contributed by atoms with Gasteiger partial charge in [-0.25, -0.2) is 0 Å². The van der Waals surface area contributed by atoms with E-state index in [-0.39, 0.29) is 11.9 Å². The van der Waals surface area contributed by atoms with Crippen LogP contribution in [0.4, 0.5) is 5.69 Å². The highest BCUT2D eigenvalue weighted by atomic mass is 16.7. The molecule has 80 valence electrons. The van der Waals surface area contributed by atoms with Crippen LogP contribution in [0.1, 0.15) is 13.3 Å². The molecule has 1 unspecified atom stereocenters. The van der Waals surface area contributed by atoms with Crippen molar-refractivity contribution < 1.29 is 14.0 Å². The number of nitrogens with zero attached hydrogens (tertiary/aromatic N) is 1. The molecule has 0 aliphatic carbocycles. The van der Waals surface area contributed by atoms with Crippen LogP contribution in [0.2, 0.25) is 0 Å². The molecule has 1 aliphatic heterocycles. The van der Waals surface area contributed by atoms with Gasteiger partial charge in [-0.2, -0.15) is 0 Å². The third-order valence-electron chi connectivity index (χ3n) is 2.22. The first-order chi connectivity index (χ1) is 7.25. The van der Waals surface area contributed by atoms with Gasteiger partial charge in [0.05, 0.1) is 6.26 Å². The van der Waals surface area contributed by atoms with Gasteiger partial charge in [0.15, 0.2) is 5.78 Å². The molecule has 0 saturated carbocycles. The van der Waals surface area contributed by atoms with Crippen molar-refractivity contribution in [2.24, 2.45) is 0 Å². The van der Waals surface area contributed by atoms with Crippen LogP contribution in [0.25, 0.3) is 0 Å². The van der Waals surface area contributed by atoms with Crippen LogP contribution in [0.3, 0.4) is 0 Å². The Balaban J connectivity index is 1.93. The van der Waals surface area contributed by atoms with Crippen LogP contribution in [-0.2, 0) is 9.63 Å². The highest BCUT2D eigenvalue weighted by Gasteiger charge is 2.22. The van der Waals surface area contributed by atoms with Crippen LogP contribution in [-0.4, -0.2) is 18.4 Å². The Bertz CT molecular complexity index is 356. The van der Waals surface area contributed by atoms with E-state index in [2.05, 4.69) is 0 Å². The molecule has 0 amide bonds. The quantitative estimate of drug-likeness (QED) is 0.710. The number of carbonyl (C=O) groups is 1. The van der Waals surface area contributed by atoms with Crippen molar-refractivity contribution in [1.82, 2.24) is 0 Å². The summed E-state index contributed by atoms with van der Waals surface area (Å²) in [7, 11) is 0. The van der Waals surface area contributed by atoms with E-state index in [0.29, 0.717) is 0 Å². The Kier molecular flexibility index (Phi) is 2.87. The van der Waals surface area contributed by atoms with E-state index in [1.165, 1.54) is 6.92 Å². The lowest BCUT2D eigenvalue weighted by Gasteiger charge is -2.14. The zero-order chi connectivity index (χ0) is 10.7. The fourth-order valence-corrected chi connectivity index (χ4v) is 1.48. The van der Waals surface area contributed by atoms with Crippen LogP contribution in [0.15, 0.2) is 35.2 Å². The average molecular weight is 207 g/mol. The molecule has 1 saturated heterocycles. The minimum Gasteiger partial charge on any atom is -0.470 e. The summed E-state index contributed by atoms with van der Waals surface area (Å²) in [5.74, 6) is 0.0420. The molecule has 0 spiro atoms. The first-order valence-electron chi connectivity index (χ1n) is 4.91. The summed E-state index contributed by atoms with van der Waals surface area (Å²) in [6.07, 6.45) is 7.46. The van der Waals surface area contributed by atoms with Gasteiger partial charge in [-0.1, -0.05) is 0 Å². The van der Waals surface area contributed by atoms with Gasteiger partial charge in [-0.3, -0.25) is 14.7 Å². The second-order valence-electron chi connectivity index (χ2n) is 3.49. The molecule has 1 aliphatic rings. The second-order valence-corrected chi connectivity index (χ2v) is 3.49. The number of ketones is 1. The van der Waals surface area contributed by atoms with Crippen molar-refractivity contribution in [3.63, 3.8) is 0 Å². The lowest BCUT2D eigenvalue weighted by atomic mass is 10.2. The largest absolute Gasteiger partial charge is 0.470 e. The third-order valence-corrected chi connectivity index (χ3v) is 2.22. The molecule has 4 nitrogen and oxygen atoms in total. The number of furan rings is 1. The molecule has 2 heterocycles. The van der Waals surface area contributed by atoms with E-state index >= 15 is 0 Å². The van der Waals surface area contributed by atoms with E-state index in [1.54, 1.807) is 29.7 Å². The SMILES string of the molecule is CC(=O)C=CC1CCN(c2ccoc2)O1. The summed E-state index contributed by atoms with van der Waals surface area (Å²) >= 11 is 0. The predicted molar refractivity (Wildman–Crippen MR) is 55.4 cm³/mol. The number of hydrogen-bond acceptors (Lipinski definition) is 4. The molecule has 15 heavy (non-hydrogen) atoms. The van der Waals surface area contributed by atoms with Gasteiger partial charge in [0.2, 0.25) is 0 Å². The standard InChI is InChI=1S/C11H13NO3/c1-9(13)2-3-11-4-6-12(15-11)10-5-7-14-8-10/h2-3,5,7-8,11H,4,6H2,1H3. The first kappa shape index (κ1) is 9.98. The van der Waals surface area contributed by atoms with Gasteiger partial charge in [0.1, 0.15) is 18.1 Å². The molecule has 1 atom stereocenters. The van der Waals surface area contributed by atoms with Crippen molar-refractivity contribution in [2.45, 2.75) is 19.4 Å². The minimum absolute atomic E-state index is 0.0104. The van der Waals surface area contributed by atoms with Gasteiger partial charge in [-0.05, 0) is 25.5 Å². The summed E-state index contributed by atoms with van der Waals surface area (Å²) in [5, 5.41) is 1.78. The topological polar surface area (TPSA) is 42.7 Å². The Morgan fingerprint density at radius 3 is 3.20 bits per heavy atom. The summed E-state index contributed by atoms with van der Waals surface area (Å²) in [5.41, 5.74) is 0.911. The number of hydroxylamine groups is 1. The molecule has 0 N–H and O–H groups in total. The van der Waals surface area contributed by atoms with Gasteiger partial charge in [-0.15, -0.1) is 0 Å². The summed E-state index contributed by atoms with van der Waals surface area (Å²) < 4.78 is 4.97.